The van der Waals surface area contributed by atoms with E-state index in [4.69, 9.17) is 0 Å². The molecule has 1 aliphatic rings. The average molecular weight is 414 g/mol. The molecular weight excluding hydrogens is 390 g/mol. The molecule has 1 fully saturated rings. The molecule has 1 aromatic heterocycles. The molecule has 160 valence electrons. The molecule has 0 amide bonds. The molecule has 6 nitrogen and oxygen atoms in total. The first kappa shape index (κ1) is 22.3. The third kappa shape index (κ3) is 5.52. The third-order valence-electron chi connectivity index (χ3n) is 4.54. The average Bonchev–Trinajstić information content (AvgIpc) is 2.98. The van der Waals surface area contributed by atoms with Gasteiger partial charge in [0.15, 0.2) is 11.7 Å². The largest absolute Gasteiger partial charge is 0.435 e. The lowest BCUT2D eigenvalue weighted by Crippen LogP contribution is -2.56. The number of piperazine rings is 1. The van der Waals surface area contributed by atoms with Crippen molar-refractivity contribution in [3.63, 3.8) is 0 Å². The summed E-state index contributed by atoms with van der Waals surface area (Å²) < 4.78 is 78.8. The fourth-order valence-corrected chi connectivity index (χ4v) is 3.01. The lowest BCUT2D eigenvalue weighted by atomic mass is 10.2. The van der Waals surface area contributed by atoms with Crippen LogP contribution in [0.25, 0.3) is 0 Å². The Balaban J connectivity index is 2.09. The van der Waals surface area contributed by atoms with Crippen LogP contribution in [0, 0.1) is 0 Å². The lowest BCUT2D eigenvalue weighted by molar-refractivity contribution is -0.181. The number of halogens is 6. The second kappa shape index (κ2) is 8.58. The highest BCUT2D eigenvalue weighted by Gasteiger charge is 2.41. The van der Waals surface area contributed by atoms with Crippen LogP contribution in [0.2, 0.25) is 0 Å². The van der Waals surface area contributed by atoms with Gasteiger partial charge in [0.05, 0.1) is 6.54 Å². The van der Waals surface area contributed by atoms with Crippen LogP contribution in [-0.4, -0.2) is 70.5 Å². The van der Waals surface area contributed by atoms with Crippen LogP contribution in [0.4, 0.5) is 26.3 Å². The molecule has 1 saturated heterocycles. The predicted octanol–water partition coefficient (Wildman–Crippen LogP) is 2.47. The van der Waals surface area contributed by atoms with E-state index in [0.29, 0.717) is 25.6 Å². The van der Waals surface area contributed by atoms with Crippen LogP contribution in [0.1, 0.15) is 25.1 Å². The number of nitrogens with one attached hydrogen (secondary N) is 1. The summed E-state index contributed by atoms with van der Waals surface area (Å²) in [6.07, 6.45) is -7.61. The van der Waals surface area contributed by atoms with Crippen molar-refractivity contribution >= 4 is 5.96 Å². The molecule has 1 unspecified atom stereocenters. The van der Waals surface area contributed by atoms with E-state index >= 15 is 0 Å². The highest BCUT2D eigenvalue weighted by molar-refractivity contribution is 5.80. The van der Waals surface area contributed by atoms with E-state index in [2.05, 4.69) is 15.4 Å². The molecular formula is C16H24F6N6. The molecule has 2 heterocycles. The topological polar surface area (TPSA) is 48.7 Å². The van der Waals surface area contributed by atoms with Crippen molar-refractivity contribution in [3.05, 3.63) is 17.5 Å². The smallest absolute Gasteiger partial charge is 0.357 e. The fraction of sp³-hybridized carbons (Fsp3) is 0.750. The second-order valence-electron chi connectivity index (χ2n) is 6.59. The molecule has 0 spiro atoms. The summed E-state index contributed by atoms with van der Waals surface area (Å²) in [4.78, 5) is 7.34. The van der Waals surface area contributed by atoms with Crippen molar-refractivity contribution < 1.29 is 26.3 Å². The number of aromatic nitrogens is 2. The Kier molecular flexibility index (Phi) is 6.84. The van der Waals surface area contributed by atoms with Gasteiger partial charge in [-0.3, -0.25) is 9.58 Å². The number of hydrogen-bond acceptors (Lipinski definition) is 3. The van der Waals surface area contributed by atoms with Crippen molar-refractivity contribution in [2.45, 2.75) is 38.8 Å². The summed E-state index contributed by atoms with van der Waals surface area (Å²) >= 11 is 0. The maximum atomic E-state index is 13.1. The van der Waals surface area contributed by atoms with Crippen LogP contribution < -0.4 is 5.32 Å². The first-order valence-electron chi connectivity index (χ1n) is 8.87. The lowest BCUT2D eigenvalue weighted by Gasteiger charge is -2.39. The second-order valence-corrected chi connectivity index (χ2v) is 6.59. The molecule has 0 aromatic carbocycles. The van der Waals surface area contributed by atoms with Crippen molar-refractivity contribution in [2.75, 3.05) is 32.7 Å². The van der Waals surface area contributed by atoms with E-state index in [-0.39, 0.29) is 25.2 Å². The third-order valence-corrected chi connectivity index (χ3v) is 4.54. The van der Waals surface area contributed by atoms with Crippen LogP contribution in [-0.2, 0) is 19.8 Å². The van der Waals surface area contributed by atoms with Gasteiger partial charge in [0.25, 0.3) is 0 Å². The maximum absolute atomic E-state index is 13.1. The van der Waals surface area contributed by atoms with Gasteiger partial charge in [0.1, 0.15) is 6.04 Å². The van der Waals surface area contributed by atoms with Crippen molar-refractivity contribution in [2.24, 2.45) is 12.0 Å². The molecule has 12 heteroatoms. The summed E-state index contributed by atoms with van der Waals surface area (Å²) in [5.74, 6) is 0.374. The van der Waals surface area contributed by atoms with E-state index in [9.17, 15) is 26.3 Å². The SMILES string of the molecule is CCNC(=NCc1cn(C)nc1C(F)(F)F)N1CCN(C(C)C(F)(F)F)CC1. The Hall–Kier alpha value is -1.98. The van der Waals surface area contributed by atoms with Gasteiger partial charge < -0.3 is 10.2 Å². The first-order chi connectivity index (χ1) is 12.9. The van der Waals surface area contributed by atoms with Crippen LogP contribution in [0.3, 0.4) is 0 Å². The maximum Gasteiger partial charge on any atom is 0.435 e. The number of aryl methyl sites for hydroxylation is 1. The molecule has 0 saturated carbocycles. The van der Waals surface area contributed by atoms with Gasteiger partial charge in [-0.15, -0.1) is 0 Å². The predicted molar refractivity (Wildman–Crippen MR) is 91.7 cm³/mol. The van der Waals surface area contributed by atoms with Gasteiger partial charge >= 0.3 is 12.4 Å². The minimum Gasteiger partial charge on any atom is -0.357 e. The molecule has 1 atom stereocenters. The van der Waals surface area contributed by atoms with Crippen LogP contribution in [0.15, 0.2) is 11.2 Å². The Morgan fingerprint density at radius 3 is 2.29 bits per heavy atom. The van der Waals surface area contributed by atoms with Crippen LogP contribution in [0.5, 0.6) is 0 Å². The van der Waals surface area contributed by atoms with Crippen molar-refractivity contribution in [1.82, 2.24) is 24.9 Å². The zero-order valence-corrected chi connectivity index (χ0v) is 15.9. The monoisotopic (exact) mass is 414 g/mol. The van der Waals surface area contributed by atoms with Crippen LogP contribution >= 0.6 is 0 Å². The highest BCUT2D eigenvalue weighted by Crippen LogP contribution is 2.31. The Bertz CT molecular complexity index is 672. The minimum atomic E-state index is -4.58. The summed E-state index contributed by atoms with van der Waals surface area (Å²) in [6, 6.07) is -1.54. The van der Waals surface area contributed by atoms with Gasteiger partial charge in [-0.2, -0.15) is 31.4 Å². The summed E-state index contributed by atoms with van der Waals surface area (Å²) in [7, 11) is 1.40. The van der Waals surface area contributed by atoms with E-state index < -0.39 is 24.1 Å². The number of guanidine groups is 1. The summed E-state index contributed by atoms with van der Waals surface area (Å²) in [6.45, 7) is 4.15. The van der Waals surface area contributed by atoms with E-state index in [1.165, 1.54) is 18.1 Å². The van der Waals surface area contributed by atoms with Crippen molar-refractivity contribution in [1.29, 1.82) is 0 Å². The summed E-state index contributed by atoms with van der Waals surface area (Å²) in [5, 5.41) is 6.43. The van der Waals surface area contributed by atoms with Gasteiger partial charge in [0, 0.05) is 51.5 Å². The number of nitrogens with zero attached hydrogens (tertiary/aromatic N) is 5. The number of alkyl halides is 6. The number of aliphatic imine (C=N–C) groups is 1. The quantitative estimate of drug-likeness (QED) is 0.467. The normalized spacial score (nSPS) is 18.5. The molecule has 1 N–H and O–H groups in total. The van der Waals surface area contributed by atoms with E-state index in [1.807, 2.05) is 6.92 Å². The molecule has 2 rings (SSSR count). The molecule has 1 aromatic rings. The Morgan fingerprint density at radius 1 is 1.18 bits per heavy atom. The fourth-order valence-electron chi connectivity index (χ4n) is 3.01. The zero-order chi connectivity index (χ0) is 21.1. The van der Waals surface area contributed by atoms with E-state index in [1.54, 1.807) is 4.90 Å². The zero-order valence-electron chi connectivity index (χ0n) is 15.9. The van der Waals surface area contributed by atoms with E-state index in [0.717, 1.165) is 11.6 Å². The van der Waals surface area contributed by atoms with Gasteiger partial charge in [-0.25, -0.2) is 4.99 Å². The van der Waals surface area contributed by atoms with Gasteiger partial charge in [0.2, 0.25) is 0 Å². The molecule has 1 aliphatic heterocycles. The summed E-state index contributed by atoms with van der Waals surface area (Å²) in [5.41, 5.74) is -1.05. The van der Waals surface area contributed by atoms with Crippen molar-refractivity contribution in [3.8, 4) is 0 Å². The Morgan fingerprint density at radius 2 is 1.79 bits per heavy atom. The highest BCUT2D eigenvalue weighted by atomic mass is 19.4. The minimum absolute atomic E-state index is 0.0604. The number of rotatable bonds is 4. The standard InChI is InChI=1S/C16H24F6N6/c1-4-23-14(24-9-12-10-26(3)25-13(12)16(20,21)22)28-7-5-27(6-8-28)11(2)15(17,18)19/h10-11H,4-9H2,1-3H3,(H,23,24). The van der Waals surface area contributed by atoms with Gasteiger partial charge in [-0.1, -0.05) is 0 Å². The molecule has 0 aliphatic carbocycles. The van der Waals surface area contributed by atoms with Gasteiger partial charge in [-0.05, 0) is 13.8 Å². The number of hydrogen-bond donors (Lipinski definition) is 1. The molecule has 28 heavy (non-hydrogen) atoms. The first-order valence-corrected chi connectivity index (χ1v) is 8.87. The molecule has 0 radical (unpaired) electrons. The Labute approximate surface area is 159 Å². The molecule has 0 bridgehead atoms.